The van der Waals surface area contributed by atoms with E-state index in [2.05, 4.69) is 5.32 Å². The van der Waals surface area contributed by atoms with Crippen LogP contribution in [0.25, 0.3) is 0 Å². The van der Waals surface area contributed by atoms with Crippen molar-refractivity contribution in [1.29, 1.82) is 0 Å². The van der Waals surface area contributed by atoms with E-state index in [1.54, 1.807) is 6.07 Å². The van der Waals surface area contributed by atoms with Gasteiger partial charge in [0.2, 0.25) is 15.9 Å². The molecule has 0 bridgehead atoms. The molecule has 0 unspecified atom stereocenters. The highest BCUT2D eigenvalue weighted by Crippen LogP contribution is 2.34. The summed E-state index contributed by atoms with van der Waals surface area (Å²) in [4.78, 5) is 26.8. The number of likely N-dealkylation sites (tertiary alicyclic amines) is 1. The highest BCUT2D eigenvalue weighted by molar-refractivity contribution is 7.89. The first-order valence-corrected chi connectivity index (χ1v) is 12.2. The maximum Gasteiger partial charge on any atom is 0.265 e. The van der Waals surface area contributed by atoms with Crippen LogP contribution in [0.5, 0.6) is 5.75 Å². The number of rotatable bonds is 4. The predicted octanol–water partition coefficient (Wildman–Crippen LogP) is 2.21. The Morgan fingerprint density at radius 1 is 1.13 bits per heavy atom. The van der Waals surface area contributed by atoms with Gasteiger partial charge >= 0.3 is 0 Å². The van der Waals surface area contributed by atoms with Gasteiger partial charge in [0.25, 0.3) is 5.91 Å². The first-order valence-electron chi connectivity index (χ1n) is 10.8. The van der Waals surface area contributed by atoms with E-state index in [-0.39, 0.29) is 22.6 Å². The SMILES string of the molecule is CC[C@@H]1Oc2ccc(S(=O)(=O)N3CCC(C(=O)N4CCCCC4)CC3)cc2NC1=O. The van der Waals surface area contributed by atoms with Crippen molar-refractivity contribution in [2.24, 2.45) is 5.92 Å². The summed E-state index contributed by atoms with van der Waals surface area (Å²) in [6.07, 6.45) is 4.33. The monoisotopic (exact) mass is 435 g/mol. The molecular weight excluding hydrogens is 406 g/mol. The summed E-state index contributed by atoms with van der Waals surface area (Å²) in [5, 5.41) is 2.74. The lowest BCUT2D eigenvalue weighted by Gasteiger charge is -2.35. The van der Waals surface area contributed by atoms with Crippen LogP contribution in [0.3, 0.4) is 0 Å². The standard InChI is InChI=1S/C21H29N3O5S/c1-2-18-20(25)22-17-14-16(6-7-19(17)29-18)30(27,28)24-12-8-15(9-13-24)21(26)23-10-4-3-5-11-23/h6-7,14-15,18H,2-5,8-13H2,1H3,(H,22,25)/t18-/m0/s1. The zero-order valence-electron chi connectivity index (χ0n) is 17.3. The van der Waals surface area contributed by atoms with Crippen LogP contribution in [0.15, 0.2) is 23.1 Å². The third-order valence-corrected chi connectivity index (χ3v) is 8.14. The Labute approximate surface area is 177 Å². The molecule has 2 fully saturated rings. The van der Waals surface area contributed by atoms with E-state index in [0.717, 1.165) is 25.9 Å². The number of amides is 2. The molecule has 0 saturated carbocycles. The molecule has 0 radical (unpaired) electrons. The summed E-state index contributed by atoms with van der Waals surface area (Å²) in [5.74, 6) is 0.283. The van der Waals surface area contributed by atoms with Crippen molar-refractivity contribution < 1.29 is 22.7 Å². The van der Waals surface area contributed by atoms with Crippen molar-refractivity contribution in [3.8, 4) is 5.75 Å². The molecule has 9 heteroatoms. The summed E-state index contributed by atoms with van der Waals surface area (Å²) in [5.41, 5.74) is 0.376. The number of benzene rings is 1. The van der Waals surface area contributed by atoms with Crippen LogP contribution in [0.4, 0.5) is 5.69 Å². The second-order valence-electron chi connectivity index (χ2n) is 8.23. The van der Waals surface area contributed by atoms with Crippen LogP contribution in [0.1, 0.15) is 45.4 Å². The normalized spacial score (nSPS) is 23.4. The highest BCUT2D eigenvalue weighted by atomic mass is 32.2. The van der Waals surface area contributed by atoms with Crippen LogP contribution in [-0.2, 0) is 19.6 Å². The van der Waals surface area contributed by atoms with Crippen LogP contribution in [-0.4, -0.2) is 61.7 Å². The van der Waals surface area contributed by atoms with E-state index in [9.17, 15) is 18.0 Å². The Hall–Kier alpha value is -2.13. The molecule has 1 atom stereocenters. The molecule has 3 heterocycles. The molecule has 1 aromatic rings. The molecule has 1 N–H and O–H groups in total. The number of carbonyl (C=O) groups is 2. The number of nitrogens with one attached hydrogen (secondary N) is 1. The molecule has 4 rings (SSSR count). The minimum absolute atomic E-state index is 0.100. The molecule has 0 aromatic heterocycles. The van der Waals surface area contributed by atoms with Crippen LogP contribution in [0, 0.1) is 5.92 Å². The van der Waals surface area contributed by atoms with Gasteiger partial charge in [0.15, 0.2) is 6.10 Å². The highest BCUT2D eigenvalue weighted by Gasteiger charge is 2.35. The summed E-state index contributed by atoms with van der Waals surface area (Å²) in [6.45, 7) is 4.14. The van der Waals surface area contributed by atoms with Crippen molar-refractivity contribution in [1.82, 2.24) is 9.21 Å². The van der Waals surface area contributed by atoms with Gasteiger partial charge in [-0.2, -0.15) is 4.31 Å². The lowest BCUT2D eigenvalue weighted by Crippen LogP contribution is -2.45. The van der Waals surface area contributed by atoms with Crippen molar-refractivity contribution >= 4 is 27.5 Å². The van der Waals surface area contributed by atoms with Crippen molar-refractivity contribution in [3.05, 3.63) is 18.2 Å². The van der Waals surface area contributed by atoms with Gasteiger partial charge < -0.3 is 15.0 Å². The average Bonchev–Trinajstić information content (AvgIpc) is 2.78. The number of nitrogens with zero attached hydrogens (tertiary/aromatic N) is 2. The molecule has 164 valence electrons. The predicted molar refractivity (Wildman–Crippen MR) is 112 cm³/mol. The third kappa shape index (κ3) is 4.05. The zero-order valence-corrected chi connectivity index (χ0v) is 18.1. The van der Waals surface area contributed by atoms with Crippen molar-refractivity contribution in [2.75, 3.05) is 31.5 Å². The molecule has 1 aromatic carbocycles. The number of ether oxygens (including phenoxy) is 1. The van der Waals surface area contributed by atoms with E-state index in [0.29, 0.717) is 43.8 Å². The Balaban J connectivity index is 1.43. The van der Waals surface area contributed by atoms with Crippen LogP contribution >= 0.6 is 0 Å². The number of carbonyl (C=O) groups excluding carboxylic acids is 2. The van der Waals surface area contributed by atoms with E-state index in [1.165, 1.54) is 22.9 Å². The number of piperidine rings is 2. The van der Waals surface area contributed by atoms with Crippen LogP contribution in [0.2, 0.25) is 0 Å². The average molecular weight is 436 g/mol. The van der Waals surface area contributed by atoms with Crippen molar-refractivity contribution in [2.45, 2.75) is 56.4 Å². The Kier molecular flexibility index (Phi) is 6.02. The van der Waals surface area contributed by atoms with Gasteiger partial charge in [-0.15, -0.1) is 0 Å². The second kappa shape index (κ2) is 8.55. The molecule has 8 nitrogen and oxygen atoms in total. The fraction of sp³-hybridized carbons (Fsp3) is 0.619. The fourth-order valence-electron chi connectivity index (χ4n) is 4.42. The lowest BCUT2D eigenvalue weighted by atomic mass is 9.95. The van der Waals surface area contributed by atoms with Gasteiger partial charge in [-0.1, -0.05) is 6.92 Å². The topological polar surface area (TPSA) is 96.0 Å². The van der Waals surface area contributed by atoms with Gasteiger partial charge in [0.1, 0.15) is 5.75 Å². The molecule has 2 saturated heterocycles. The molecule has 2 amide bonds. The minimum atomic E-state index is -3.70. The quantitative estimate of drug-likeness (QED) is 0.782. The molecular formula is C21H29N3O5S. The van der Waals surface area contributed by atoms with Crippen molar-refractivity contribution in [3.63, 3.8) is 0 Å². The summed E-state index contributed by atoms with van der Waals surface area (Å²) in [6, 6.07) is 4.57. The first kappa shape index (κ1) is 21.1. The Bertz CT molecular complexity index is 919. The smallest absolute Gasteiger partial charge is 0.265 e. The minimum Gasteiger partial charge on any atom is -0.478 e. The number of hydrogen-bond acceptors (Lipinski definition) is 5. The second-order valence-corrected chi connectivity index (χ2v) is 10.2. The van der Waals surface area contributed by atoms with Crippen LogP contribution < -0.4 is 10.1 Å². The largest absolute Gasteiger partial charge is 0.478 e. The number of sulfonamides is 1. The Morgan fingerprint density at radius 2 is 1.83 bits per heavy atom. The van der Waals surface area contributed by atoms with E-state index < -0.39 is 16.1 Å². The molecule has 0 aliphatic carbocycles. The summed E-state index contributed by atoms with van der Waals surface area (Å²) in [7, 11) is -3.70. The van der Waals surface area contributed by atoms with Gasteiger partial charge in [0, 0.05) is 32.1 Å². The number of hydrogen-bond donors (Lipinski definition) is 1. The zero-order chi connectivity index (χ0) is 21.3. The number of anilines is 1. The van der Waals surface area contributed by atoms with Gasteiger partial charge in [-0.3, -0.25) is 9.59 Å². The molecule has 3 aliphatic heterocycles. The maximum atomic E-state index is 13.1. The third-order valence-electron chi connectivity index (χ3n) is 6.25. The van der Waals surface area contributed by atoms with E-state index in [4.69, 9.17) is 4.74 Å². The molecule has 0 spiro atoms. The fourth-order valence-corrected chi connectivity index (χ4v) is 5.92. The van der Waals surface area contributed by atoms with Gasteiger partial charge in [-0.05, 0) is 56.7 Å². The lowest BCUT2D eigenvalue weighted by molar-refractivity contribution is -0.137. The molecule has 30 heavy (non-hydrogen) atoms. The Morgan fingerprint density at radius 3 is 2.50 bits per heavy atom. The van der Waals surface area contributed by atoms with Gasteiger partial charge in [-0.25, -0.2) is 8.42 Å². The molecule has 3 aliphatic rings. The first-order chi connectivity index (χ1) is 14.4. The van der Waals surface area contributed by atoms with E-state index >= 15 is 0 Å². The summed E-state index contributed by atoms with van der Waals surface area (Å²) < 4.78 is 33.3. The summed E-state index contributed by atoms with van der Waals surface area (Å²) >= 11 is 0. The number of fused-ring (bicyclic) bond motifs is 1. The van der Waals surface area contributed by atoms with Gasteiger partial charge in [0.05, 0.1) is 10.6 Å². The van der Waals surface area contributed by atoms with E-state index in [1.807, 2.05) is 11.8 Å². The maximum absolute atomic E-state index is 13.1.